The van der Waals surface area contributed by atoms with E-state index in [2.05, 4.69) is 0 Å². The smallest absolute Gasteiger partial charge is 0.156 e. The zero-order valence-corrected chi connectivity index (χ0v) is 10.7. The molecule has 1 heterocycles. The van der Waals surface area contributed by atoms with E-state index in [1.807, 2.05) is 13.8 Å². The molecule has 100 valence electrons. The van der Waals surface area contributed by atoms with Crippen molar-refractivity contribution in [3.63, 3.8) is 0 Å². The van der Waals surface area contributed by atoms with Crippen molar-refractivity contribution in [2.45, 2.75) is 58.5 Å². The van der Waals surface area contributed by atoms with Crippen LogP contribution in [0, 0.1) is 0 Å². The Morgan fingerprint density at radius 1 is 1.25 bits per heavy atom. The Hall–Kier alpha value is -0.200. The summed E-state index contributed by atoms with van der Waals surface area (Å²) in [6, 6.07) is 0. The van der Waals surface area contributed by atoms with Gasteiger partial charge in [-0.2, -0.15) is 0 Å². The lowest BCUT2D eigenvalue weighted by atomic mass is 10.1. The van der Waals surface area contributed by atoms with E-state index in [9.17, 15) is 0 Å². The second kappa shape index (κ2) is 9.99. The second-order valence-corrected chi connectivity index (χ2v) is 3.77. The third-order valence-electron chi connectivity index (χ3n) is 1.59. The van der Waals surface area contributed by atoms with E-state index in [1.165, 1.54) is 13.8 Å². The van der Waals surface area contributed by atoms with E-state index in [4.69, 9.17) is 25.2 Å². The molecule has 16 heavy (non-hydrogen) atoms. The van der Waals surface area contributed by atoms with E-state index in [0.29, 0.717) is 19.4 Å². The Kier molecular flexibility index (Phi) is 11.3. The molecule has 0 bridgehead atoms. The molecule has 0 spiro atoms. The molecule has 1 saturated heterocycles. The van der Waals surface area contributed by atoms with Gasteiger partial charge in [-0.3, -0.25) is 0 Å². The van der Waals surface area contributed by atoms with Gasteiger partial charge in [0.05, 0.1) is 12.2 Å². The lowest BCUT2D eigenvalue weighted by molar-refractivity contribution is -0.127. The molecule has 0 saturated carbocycles. The summed E-state index contributed by atoms with van der Waals surface area (Å²) in [5.74, 6) is -1.50. The van der Waals surface area contributed by atoms with Crippen molar-refractivity contribution in [2.75, 3.05) is 13.2 Å². The van der Waals surface area contributed by atoms with Gasteiger partial charge in [0.1, 0.15) is 0 Å². The largest absolute Gasteiger partial charge is 0.396 e. The van der Waals surface area contributed by atoms with Crippen molar-refractivity contribution in [1.29, 1.82) is 0 Å². The minimum Gasteiger partial charge on any atom is -0.396 e. The highest BCUT2D eigenvalue weighted by atomic mass is 16.5. The van der Waals surface area contributed by atoms with E-state index in [0.717, 1.165) is 0 Å². The number of rotatable bonds is 2. The minimum atomic E-state index is -1.50. The summed E-state index contributed by atoms with van der Waals surface area (Å²) in [6.07, 6.45) is 0.804. The van der Waals surface area contributed by atoms with Gasteiger partial charge in [0.15, 0.2) is 5.79 Å². The molecule has 0 aromatic heterocycles. The first-order valence-electron chi connectivity index (χ1n) is 5.70. The van der Waals surface area contributed by atoms with Gasteiger partial charge in [-0.25, -0.2) is 0 Å². The Labute approximate surface area is 97.7 Å². The number of aliphatic hydroxyl groups is 4. The number of hydrogen-bond acceptors (Lipinski definition) is 5. The molecule has 2 atom stereocenters. The van der Waals surface area contributed by atoms with Gasteiger partial charge in [0, 0.05) is 13.2 Å². The van der Waals surface area contributed by atoms with Crippen molar-refractivity contribution >= 4 is 0 Å². The van der Waals surface area contributed by atoms with E-state index in [-0.39, 0.29) is 18.8 Å². The molecular weight excluding hydrogens is 212 g/mol. The van der Waals surface area contributed by atoms with Crippen LogP contribution in [-0.2, 0) is 4.74 Å². The van der Waals surface area contributed by atoms with Gasteiger partial charge in [-0.05, 0) is 26.7 Å². The zero-order chi connectivity index (χ0) is 13.2. The Balaban J connectivity index is 0. The topological polar surface area (TPSA) is 90.2 Å². The minimum absolute atomic E-state index is 0.0989. The molecule has 4 N–H and O–H groups in total. The predicted octanol–water partition coefficient (Wildman–Crippen LogP) is 0.252. The van der Waals surface area contributed by atoms with Gasteiger partial charge in [0.25, 0.3) is 0 Å². The predicted molar refractivity (Wildman–Crippen MR) is 61.9 cm³/mol. The van der Waals surface area contributed by atoms with Crippen LogP contribution in [0.2, 0.25) is 0 Å². The van der Waals surface area contributed by atoms with Gasteiger partial charge < -0.3 is 25.2 Å². The number of aliphatic hydroxyl groups excluding tert-OH is 2. The van der Waals surface area contributed by atoms with Crippen LogP contribution >= 0.6 is 0 Å². The van der Waals surface area contributed by atoms with E-state index in [1.54, 1.807) is 0 Å². The average molecular weight is 238 g/mol. The fraction of sp³-hybridized carbons (Fsp3) is 1.00. The van der Waals surface area contributed by atoms with E-state index >= 15 is 0 Å². The van der Waals surface area contributed by atoms with Crippen molar-refractivity contribution in [2.24, 2.45) is 0 Å². The van der Waals surface area contributed by atoms with Crippen LogP contribution in [0.15, 0.2) is 0 Å². The third kappa shape index (κ3) is 13.8. The molecule has 1 aliphatic rings. The number of hydrogen-bond donors (Lipinski definition) is 4. The van der Waals surface area contributed by atoms with Crippen molar-refractivity contribution in [1.82, 2.24) is 0 Å². The van der Waals surface area contributed by atoms with Crippen LogP contribution in [0.5, 0.6) is 0 Å². The standard InChI is InChI=1S/C6H12O3.C3H8O2.C2H6/c7-3-1-6-5(8)2-4-9-6;1-3(2,4)5;1-2/h5-8H,1-4H2;4-5H,1-2H3;1-2H3. The molecule has 1 fully saturated rings. The summed E-state index contributed by atoms with van der Waals surface area (Å²) in [4.78, 5) is 0. The summed E-state index contributed by atoms with van der Waals surface area (Å²) < 4.78 is 5.10. The fourth-order valence-electron chi connectivity index (χ4n) is 1.04. The molecular formula is C11H26O5. The first kappa shape index (κ1) is 18.2. The van der Waals surface area contributed by atoms with Crippen LogP contribution in [0.25, 0.3) is 0 Å². The quantitative estimate of drug-likeness (QED) is 0.518. The third-order valence-corrected chi connectivity index (χ3v) is 1.59. The molecule has 0 radical (unpaired) electrons. The molecule has 1 aliphatic heterocycles. The molecule has 0 aromatic carbocycles. The highest BCUT2D eigenvalue weighted by molar-refractivity contribution is 4.74. The first-order valence-corrected chi connectivity index (χ1v) is 5.70. The fourth-order valence-corrected chi connectivity index (χ4v) is 1.04. The van der Waals surface area contributed by atoms with Crippen LogP contribution < -0.4 is 0 Å². The maximum Gasteiger partial charge on any atom is 0.156 e. The number of ether oxygens (including phenoxy) is 1. The molecule has 2 unspecified atom stereocenters. The van der Waals surface area contributed by atoms with Crippen LogP contribution in [0.3, 0.4) is 0 Å². The molecule has 0 aliphatic carbocycles. The molecule has 5 heteroatoms. The summed E-state index contributed by atoms with van der Waals surface area (Å²) in [5, 5.41) is 33.7. The average Bonchev–Trinajstić information content (AvgIpc) is 2.53. The highest BCUT2D eigenvalue weighted by Gasteiger charge is 2.24. The lowest BCUT2D eigenvalue weighted by Crippen LogP contribution is -2.21. The van der Waals surface area contributed by atoms with Crippen LogP contribution in [0.4, 0.5) is 0 Å². The van der Waals surface area contributed by atoms with Gasteiger partial charge >= 0.3 is 0 Å². The van der Waals surface area contributed by atoms with Crippen molar-refractivity contribution in [3.8, 4) is 0 Å². The van der Waals surface area contributed by atoms with Gasteiger partial charge in [-0.1, -0.05) is 13.8 Å². The monoisotopic (exact) mass is 238 g/mol. The molecule has 5 nitrogen and oxygen atoms in total. The second-order valence-electron chi connectivity index (χ2n) is 3.77. The highest BCUT2D eigenvalue weighted by Crippen LogP contribution is 2.15. The first-order chi connectivity index (χ1) is 7.34. The van der Waals surface area contributed by atoms with Gasteiger partial charge in [-0.15, -0.1) is 0 Å². The van der Waals surface area contributed by atoms with Crippen molar-refractivity contribution < 1.29 is 25.2 Å². The Bertz CT molecular complexity index is 138. The van der Waals surface area contributed by atoms with Crippen molar-refractivity contribution in [3.05, 3.63) is 0 Å². The Morgan fingerprint density at radius 2 is 1.69 bits per heavy atom. The summed E-state index contributed by atoms with van der Waals surface area (Å²) in [6.45, 7) is 7.33. The summed E-state index contributed by atoms with van der Waals surface area (Å²) >= 11 is 0. The molecule has 0 amide bonds. The SMILES string of the molecule is CC.CC(C)(O)O.OCCC1OCCC1O. The Morgan fingerprint density at radius 3 is 1.94 bits per heavy atom. The summed E-state index contributed by atoms with van der Waals surface area (Å²) in [5.41, 5.74) is 0. The molecule has 0 aromatic rings. The van der Waals surface area contributed by atoms with Gasteiger partial charge in [0.2, 0.25) is 0 Å². The zero-order valence-electron chi connectivity index (χ0n) is 10.7. The van der Waals surface area contributed by atoms with E-state index < -0.39 is 5.79 Å². The van der Waals surface area contributed by atoms with Crippen LogP contribution in [0.1, 0.15) is 40.5 Å². The lowest BCUT2D eigenvalue weighted by Gasteiger charge is -2.10. The van der Waals surface area contributed by atoms with Crippen LogP contribution in [-0.4, -0.2) is 51.6 Å². The molecule has 1 rings (SSSR count). The maximum atomic E-state index is 9.08. The normalized spacial score (nSPS) is 24.0. The summed E-state index contributed by atoms with van der Waals surface area (Å²) in [7, 11) is 0. The maximum absolute atomic E-state index is 9.08.